The molecular formula is C18H22N2O3. The Morgan fingerprint density at radius 2 is 2.09 bits per heavy atom. The zero-order valence-electron chi connectivity index (χ0n) is 13.4. The summed E-state index contributed by atoms with van der Waals surface area (Å²) in [5.41, 5.74) is 1.48. The number of aliphatic hydroxyl groups is 1. The number of carbonyl (C=O) groups is 1. The predicted octanol–water partition coefficient (Wildman–Crippen LogP) is 3.01. The fraction of sp³-hybridized carbons (Fsp3) is 0.333. The first-order chi connectivity index (χ1) is 11.0. The van der Waals surface area contributed by atoms with E-state index in [0.717, 1.165) is 5.69 Å². The van der Waals surface area contributed by atoms with Gasteiger partial charge >= 0.3 is 0 Å². The lowest BCUT2D eigenvalue weighted by atomic mass is 10.0. The van der Waals surface area contributed by atoms with Crippen LogP contribution in [0.2, 0.25) is 0 Å². The van der Waals surface area contributed by atoms with Gasteiger partial charge < -0.3 is 15.2 Å². The Hall–Kier alpha value is -2.40. The van der Waals surface area contributed by atoms with E-state index in [2.05, 4.69) is 10.3 Å². The number of aromatic nitrogens is 1. The van der Waals surface area contributed by atoms with Gasteiger partial charge in [0, 0.05) is 18.0 Å². The number of amides is 1. The van der Waals surface area contributed by atoms with Crippen LogP contribution in [0.1, 0.15) is 26.0 Å². The van der Waals surface area contributed by atoms with Crippen molar-refractivity contribution >= 4 is 11.6 Å². The standard InChI is InChI=1S/C18H22N2O3/c1-13(2)17(21)11-18(22)20-14-7-5-8-16(10-14)23-12-15-6-3-4-9-19-15/h3-10,13,17,21H,11-12H2,1-2H3,(H,20,22). The minimum atomic E-state index is -0.640. The summed E-state index contributed by atoms with van der Waals surface area (Å²) in [5, 5.41) is 12.5. The Morgan fingerprint density at radius 1 is 1.26 bits per heavy atom. The maximum atomic E-state index is 11.9. The van der Waals surface area contributed by atoms with Crippen molar-refractivity contribution in [3.8, 4) is 5.75 Å². The summed E-state index contributed by atoms with van der Waals surface area (Å²) >= 11 is 0. The number of carbonyl (C=O) groups excluding carboxylic acids is 1. The number of hydrogen-bond donors (Lipinski definition) is 2. The van der Waals surface area contributed by atoms with Crippen LogP contribution in [0, 0.1) is 5.92 Å². The zero-order valence-corrected chi connectivity index (χ0v) is 13.4. The van der Waals surface area contributed by atoms with Crippen molar-refractivity contribution in [2.45, 2.75) is 33.0 Å². The van der Waals surface area contributed by atoms with Gasteiger partial charge in [-0.1, -0.05) is 26.0 Å². The molecule has 0 aliphatic rings. The van der Waals surface area contributed by atoms with Crippen LogP contribution in [0.5, 0.6) is 5.75 Å². The highest BCUT2D eigenvalue weighted by Gasteiger charge is 2.14. The molecule has 1 aromatic heterocycles. The minimum Gasteiger partial charge on any atom is -0.487 e. The van der Waals surface area contributed by atoms with Crippen LogP contribution in [0.3, 0.4) is 0 Å². The van der Waals surface area contributed by atoms with Crippen LogP contribution in [0.25, 0.3) is 0 Å². The van der Waals surface area contributed by atoms with E-state index < -0.39 is 6.10 Å². The van der Waals surface area contributed by atoms with Gasteiger partial charge in [-0.3, -0.25) is 9.78 Å². The predicted molar refractivity (Wildman–Crippen MR) is 89.1 cm³/mol. The summed E-state index contributed by atoms with van der Waals surface area (Å²) in [6, 6.07) is 12.8. The SMILES string of the molecule is CC(C)C(O)CC(=O)Nc1cccc(OCc2ccccn2)c1. The van der Waals surface area contributed by atoms with Crippen LogP contribution in [-0.4, -0.2) is 22.1 Å². The topological polar surface area (TPSA) is 71.5 Å². The Bertz CT molecular complexity index is 629. The Balaban J connectivity index is 1.90. The highest BCUT2D eigenvalue weighted by Crippen LogP contribution is 2.19. The Kier molecular flexibility index (Phi) is 6.11. The molecule has 0 aliphatic carbocycles. The van der Waals surface area contributed by atoms with Gasteiger partial charge in [0.15, 0.2) is 0 Å². The Morgan fingerprint density at radius 3 is 2.78 bits per heavy atom. The number of aliphatic hydroxyl groups excluding tert-OH is 1. The van der Waals surface area contributed by atoms with Gasteiger partial charge in [-0.05, 0) is 30.2 Å². The molecule has 1 aromatic carbocycles. The molecule has 23 heavy (non-hydrogen) atoms. The lowest BCUT2D eigenvalue weighted by Gasteiger charge is -2.14. The maximum Gasteiger partial charge on any atom is 0.226 e. The van der Waals surface area contributed by atoms with Crippen molar-refractivity contribution in [1.82, 2.24) is 4.98 Å². The number of nitrogens with zero attached hydrogens (tertiary/aromatic N) is 1. The monoisotopic (exact) mass is 314 g/mol. The summed E-state index contributed by atoms with van der Waals surface area (Å²) in [6.07, 6.45) is 1.16. The lowest BCUT2D eigenvalue weighted by molar-refractivity contribution is -0.118. The number of benzene rings is 1. The molecule has 0 saturated heterocycles. The fourth-order valence-corrected chi connectivity index (χ4v) is 1.94. The summed E-state index contributed by atoms with van der Waals surface area (Å²) < 4.78 is 5.67. The van der Waals surface area contributed by atoms with Crippen molar-refractivity contribution in [1.29, 1.82) is 0 Å². The van der Waals surface area contributed by atoms with Crippen LogP contribution < -0.4 is 10.1 Å². The maximum absolute atomic E-state index is 11.9. The van der Waals surface area contributed by atoms with Crippen LogP contribution in [0.15, 0.2) is 48.7 Å². The van der Waals surface area contributed by atoms with Gasteiger partial charge in [0.1, 0.15) is 12.4 Å². The smallest absolute Gasteiger partial charge is 0.226 e. The quantitative estimate of drug-likeness (QED) is 0.824. The number of hydrogen-bond acceptors (Lipinski definition) is 4. The number of ether oxygens (including phenoxy) is 1. The number of pyridine rings is 1. The molecule has 2 rings (SSSR count). The molecule has 122 valence electrons. The average molecular weight is 314 g/mol. The third-order valence-electron chi connectivity index (χ3n) is 3.39. The molecule has 2 aromatic rings. The summed E-state index contributed by atoms with van der Waals surface area (Å²) in [5.74, 6) is 0.486. The van der Waals surface area contributed by atoms with Crippen molar-refractivity contribution < 1.29 is 14.6 Å². The fourth-order valence-electron chi connectivity index (χ4n) is 1.94. The molecule has 0 saturated carbocycles. The Labute approximate surface area is 136 Å². The van der Waals surface area contributed by atoms with Crippen LogP contribution in [-0.2, 0) is 11.4 Å². The van der Waals surface area contributed by atoms with Gasteiger partial charge in [-0.25, -0.2) is 0 Å². The second-order valence-corrected chi connectivity index (χ2v) is 5.70. The molecule has 1 atom stereocenters. The second kappa shape index (κ2) is 8.29. The molecule has 5 heteroatoms. The molecule has 1 amide bonds. The summed E-state index contributed by atoms with van der Waals surface area (Å²) in [6.45, 7) is 4.12. The molecule has 1 unspecified atom stereocenters. The van der Waals surface area contributed by atoms with Gasteiger partial charge in [0.2, 0.25) is 5.91 Å². The van der Waals surface area contributed by atoms with E-state index >= 15 is 0 Å². The summed E-state index contributed by atoms with van der Waals surface area (Å²) in [7, 11) is 0. The van der Waals surface area contributed by atoms with Gasteiger partial charge in [0.05, 0.1) is 18.2 Å². The third-order valence-corrected chi connectivity index (χ3v) is 3.39. The number of nitrogens with one attached hydrogen (secondary N) is 1. The van der Waals surface area contributed by atoms with E-state index in [0.29, 0.717) is 18.0 Å². The largest absolute Gasteiger partial charge is 0.487 e. The van der Waals surface area contributed by atoms with Crippen molar-refractivity contribution in [2.75, 3.05) is 5.32 Å². The van der Waals surface area contributed by atoms with E-state index in [4.69, 9.17) is 4.74 Å². The molecule has 0 aliphatic heterocycles. The first kappa shape index (κ1) is 17.0. The molecule has 1 heterocycles. The van der Waals surface area contributed by atoms with Crippen molar-refractivity contribution in [3.05, 3.63) is 54.4 Å². The molecule has 2 N–H and O–H groups in total. The normalized spacial score (nSPS) is 12.0. The van der Waals surface area contributed by atoms with E-state index in [-0.39, 0.29) is 18.2 Å². The van der Waals surface area contributed by atoms with E-state index in [1.54, 1.807) is 18.3 Å². The first-order valence-corrected chi connectivity index (χ1v) is 7.65. The van der Waals surface area contributed by atoms with Crippen molar-refractivity contribution in [3.63, 3.8) is 0 Å². The minimum absolute atomic E-state index is 0.0498. The second-order valence-electron chi connectivity index (χ2n) is 5.70. The number of rotatable bonds is 7. The van der Waals surface area contributed by atoms with E-state index in [1.165, 1.54) is 0 Å². The molecule has 5 nitrogen and oxygen atoms in total. The number of anilines is 1. The third kappa shape index (κ3) is 5.71. The van der Waals surface area contributed by atoms with E-state index in [9.17, 15) is 9.90 Å². The molecular weight excluding hydrogens is 292 g/mol. The molecule has 0 fully saturated rings. The molecule has 0 radical (unpaired) electrons. The van der Waals surface area contributed by atoms with Crippen LogP contribution in [0.4, 0.5) is 5.69 Å². The lowest BCUT2D eigenvalue weighted by Crippen LogP contribution is -2.23. The van der Waals surface area contributed by atoms with Crippen LogP contribution >= 0.6 is 0 Å². The molecule has 0 bridgehead atoms. The first-order valence-electron chi connectivity index (χ1n) is 7.65. The van der Waals surface area contributed by atoms with Gasteiger partial charge in [-0.15, -0.1) is 0 Å². The van der Waals surface area contributed by atoms with Gasteiger partial charge in [-0.2, -0.15) is 0 Å². The van der Waals surface area contributed by atoms with Crippen molar-refractivity contribution in [2.24, 2.45) is 5.92 Å². The summed E-state index contributed by atoms with van der Waals surface area (Å²) in [4.78, 5) is 16.1. The van der Waals surface area contributed by atoms with E-state index in [1.807, 2.05) is 44.2 Å². The van der Waals surface area contributed by atoms with Gasteiger partial charge in [0.25, 0.3) is 0 Å². The highest BCUT2D eigenvalue weighted by molar-refractivity contribution is 5.91. The average Bonchev–Trinajstić information content (AvgIpc) is 2.54. The highest BCUT2D eigenvalue weighted by atomic mass is 16.5. The molecule has 0 spiro atoms. The zero-order chi connectivity index (χ0) is 16.7.